The number of hydrogen-bond donors (Lipinski definition) is 3. The normalized spacial score (nSPS) is 16.0. The van der Waals surface area contributed by atoms with E-state index in [1.807, 2.05) is 0 Å². The van der Waals surface area contributed by atoms with Gasteiger partial charge in [-0.3, -0.25) is 0 Å². The van der Waals surface area contributed by atoms with Crippen LogP contribution in [0.1, 0.15) is 18.4 Å². The van der Waals surface area contributed by atoms with E-state index in [-0.39, 0.29) is 24.9 Å². The second-order valence-electron chi connectivity index (χ2n) is 6.86. The van der Waals surface area contributed by atoms with Crippen molar-refractivity contribution in [2.45, 2.75) is 19.0 Å². The molecule has 0 spiro atoms. The molecule has 0 bridgehead atoms. The van der Waals surface area contributed by atoms with Crippen LogP contribution in [0.4, 0.5) is 23.8 Å². The lowest BCUT2D eigenvalue weighted by Crippen LogP contribution is -2.44. The third kappa shape index (κ3) is 7.89. The van der Waals surface area contributed by atoms with Crippen LogP contribution in [0.2, 0.25) is 0 Å². The molecule has 0 unspecified atom stereocenters. The van der Waals surface area contributed by atoms with Crippen molar-refractivity contribution in [2.75, 3.05) is 64.7 Å². The van der Waals surface area contributed by atoms with Crippen LogP contribution < -0.4 is 16.0 Å². The molecule has 2 amide bonds. The van der Waals surface area contributed by atoms with Crippen LogP contribution in [0, 0.1) is 0 Å². The number of nitrogens with zero attached hydrogens (tertiary/aromatic N) is 3. The SMILES string of the molecule is CN1CCN(CCCCNC(=O)NCCNc2ncccc2C(F)(F)F)CC1. The number of unbranched alkanes of at least 4 members (excludes halogenated alkanes) is 1. The minimum absolute atomic E-state index is 0.150. The summed E-state index contributed by atoms with van der Waals surface area (Å²) in [5.41, 5.74) is -0.820. The number of hydrogen-bond acceptors (Lipinski definition) is 5. The fourth-order valence-corrected chi connectivity index (χ4v) is 2.93. The monoisotopic (exact) mass is 402 g/mol. The van der Waals surface area contributed by atoms with Gasteiger partial charge in [0.05, 0.1) is 5.56 Å². The van der Waals surface area contributed by atoms with Gasteiger partial charge in [-0.05, 0) is 38.6 Å². The number of likely N-dealkylation sites (N-methyl/N-ethyl adjacent to an activating group) is 1. The molecular weight excluding hydrogens is 373 g/mol. The van der Waals surface area contributed by atoms with E-state index >= 15 is 0 Å². The zero-order valence-corrected chi connectivity index (χ0v) is 16.2. The molecule has 1 aliphatic rings. The van der Waals surface area contributed by atoms with Crippen molar-refractivity contribution in [1.29, 1.82) is 0 Å². The molecule has 0 saturated carbocycles. The van der Waals surface area contributed by atoms with Crippen LogP contribution >= 0.6 is 0 Å². The summed E-state index contributed by atoms with van der Waals surface area (Å²) in [5.74, 6) is -0.235. The number of anilines is 1. The van der Waals surface area contributed by atoms with E-state index in [9.17, 15) is 18.0 Å². The maximum absolute atomic E-state index is 12.9. The highest BCUT2D eigenvalue weighted by Gasteiger charge is 2.33. The van der Waals surface area contributed by atoms with Gasteiger partial charge in [0.1, 0.15) is 5.82 Å². The first-order chi connectivity index (χ1) is 13.4. The average Bonchev–Trinajstić information content (AvgIpc) is 2.66. The summed E-state index contributed by atoms with van der Waals surface area (Å²) in [6.45, 7) is 6.32. The molecule has 1 saturated heterocycles. The number of pyridine rings is 1. The third-order valence-corrected chi connectivity index (χ3v) is 4.60. The first-order valence-corrected chi connectivity index (χ1v) is 9.55. The maximum atomic E-state index is 12.9. The Balaban J connectivity index is 1.53. The predicted octanol–water partition coefficient (Wildman–Crippen LogP) is 1.84. The molecule has 158 valence electrons. The summed E-state index contributed by atoms with van der Waals surface area (Å²) in [5, 5.41) is 7.99. The molecule has 10 heteroatoms. The van der Waals surface area contributed by atoms with Crippen molar-refractivity contribution in [1.82, 2.24) is 25.4 Å². The van der Waals surface area contributed by atoms with Gasteiger partial charge in [-0.2, -0.15) is 13.2 Å². The van der Waals surface area contributed by atoms with E-state index in [1.165, 1.54) is 12.3 Å². The van der Waals surface area contributed by atoms with Crippen LogP contribution in [0.3, 0.4) is 0 Å². The Hall–Kier alpha value is -2.07. The summed E-state index contributed by atoms with van der Waals surface area (Å²) in [4.78, 5) is 20.2. The molecule has 1 fully saturated rings. The van der Waals surface area contributed by atoms with Crippen LogP contribution in [0.25, 0.3) is 0 Å². The standard InChI is InChI=1S/C18H29F3N6O/c1-26-11-13-27(14-12-26)10-3-2-6-24-17(28)25-9-8-23-16-15(18(19,20)21)5-4-7-22-16/h4-5,7H,2-3,6,8-14H2,1H3,(H,22,23)(H2,24,25,28). The number of rotatable bonds is 9. The lowest BCUT2D eigenvalue weighted by molar-refractivity contribution is -0.137. The number of nitrogens with one attached hydrogen (secondary N) is 3. The smallest absolute Gasteiger partial charge is 0.368 e. The Morgan fingerprint density at radius 1 is 1.11 bits per heavy atom. The van der Waals surface area contributed by atoms with E-state index in [1.54, 1.807) is 0 Å². The van der Waals surface area contributed by atoms with Gasteiger partial charge >= 0.3 is 12.2 Å². The molecule has 3 N–H and O–H groups in total. The fraction of sp³-hybridized carbons (Fsp3) is 0.667. The highest BCUT2D eigenvalue weighted by molar-refractivity contribution is 5.73. The molecule has 1 aliphatic heterocycles. The van der Waals surface area contributed by atoms with Gasteiger partial charge < -0.3 is 25.8 Å². The van der Waals surface area contributed by atoms with Crippen LogP contribution in [-0.4, -0.2) is 80.2 Å². The minimum Gasteiger partial charge on any atom is -0.368 e. The Bertz CT molecular complexity index is 605. The topological polar surface area (TPSA) is 72.5 Å². The molecule has 2 heterocycles. The van der Waals surface area contributed by atoms with E-state index < -0.39 is 11.7 Å². The maximum Gasteiger partial charge on any atom is 0.419 e. The summed E-state index contributed by atoms with van der Waals surface area (Å²) in [6, 6.07) is 1.89. The highest BCUT2D eigenvalue weighted by atomic mass is 19.4. The van der Waals surface area contributed by atoms with Crippen molar-refractivity contribution >= 4 is 11.8 Å². The average molecular weight is 402 g/mol. The van der Waals surface area contributed by atoms with Crippen molar-refractivity contribution < 1.29 is 18.0 Å². The Morgan fingerprint density at radius 2 is 1.82 bits per heavy atom. The number of carbonyl (C=O) groups is 1. The van der Waals surface area contributed by atoms with E-state index in [2.05, 4.69) is 37.8 Å². The fourth-order valence-electron chi connectivity index (χ4n) is 2.93. The largest absolute Gasteiger partial charge is 0.419 e. The lowest BCUT2D eigenvalue weighted by Gasteiger charge is -2.32. The van der Waals surface area contributed by atoms with E-state index in [0.29, 0.717) is 6.54 Å². The van der Waals surface area contributed by atoms with Crippen molar-refractivity contribution in [3.8, 4) is 0 Å². The molecule has 2 rings (SSSR count). The first-order valence-electron chi connectivity index (χ1n) is 9.55. The van der Waals surface area contributed by atoms with Crippen molar-refractivity contribution in [3.63, 3.8) is 0 Å². The van der Waals surface area contributed by atoms with Gasteiger partial charge in [-0.25, -0.2) is 9.78 Å². The Kier molecular flexibility index (Phi) is 8.78. The second-order valence-corrected chi connectivity index (χ2v) is 6.86. The number of halogens is 3. The minimum atomic E-state index is -4.47. The molecule has 1 aromatic heterocycles. The summed E-state index contributed by atoms with van der Waals surface area (Å²) in [7, 11) is 2.13. The zero-order valence-electron chi connectivity index (χ0n) is 16.2. The quantitative estimate of drug-likeness (QED) is 0.550. The summed E-state index contributed by atoms with van der Waals surface area (Å²) >= 11 is 0. The number of urea groups is 1. The van der Waals surface area contributed by atoms with Crippen LogP contribution in [-0.2, 0) is 6.18 Å². The second kappa shape index (κ2) is 11.1. The Morgan fingerprint density at radius 3 is 2.54 bits per heavy atom. The number of amides is 2. The first kappa shape index (κ1) is 22.2. The molecule has 0 aliphatic carbocycles. The van der Waals surface area contributed by atoms with Crippen molar-refractivity contribution in [3.05, 3.63) is 23.9 Å². The molecule has 28 heavy (non-hydrogen) atoms. The number of alkyl halides is 3. The highest BCUT2D eigenvalue weighted by Crippen LogP contribution is 2.33. The van der Waals surface area contributed by atoms with E-state index in [0.717, 1.165) is 51.6 Å². The van der Waals surface area contributed by atoms with Gasteiger partial charge in [0.25, 0.3) is 0 Å². The number of carbonyl (C=O) groups excluding carboxylic acids is 1. The predicted molar refractivity (Wildman–Crippen MR) is 102 cm³/mol. The third-order valence-electron chi connectivity index (χ3n) is 4.60. The Labute approximate surface area is 163 Å². The number of aromatic nitrogens is 1. The van der Waals surface area contributed by atoms with Gasteiger partial charge in [0, 0.05) is 52.0 Å². The molecule has 0 radical (unpaired) electrons. The molecular formula is C18H29F3N6O. The molecule has 1 aromatic rings. The summed E-state index contributed by atoms with van der Waals surface area (Å²) in [6.07, 6.45) is -1.27. The van der Waals surface area contributed by atoms with Gasteiger partial charge in [-0.1, -0.05) is 0 Å². The van der Waals surface area contributed by atoms with Gasteiger partial charge in [0.15, 0.2) is 0 Å². The van der Waals surface area contributed by atoms with Crippen LogP contribution in [0.15, 0.2) is 18.3 Å². The van der Waals surface area contributed by atoms with Gasteiger partial charge in [0.2, 0.25) is 0 Å². The molecule has 0 atom stereocenters. The zero-order chi connectivity index (χ0) is 20.4. The summed E-state index contributed by atoms with van der Waals surface area (Å²) < 4.78 is 38.6. The van der Waals surface area contributed by atoms with E-state index in [4.69, 9.17) is 0 Å². The molecule has 7 nitrogen and oxygen atoms in total. The molecule has 0 aromatic carbocycles. The van der Waals surface area contributed by atoms with Gasteiger partial charge in [-0.15, -0.1) is 0 Å². The number of piperazine rings is 1. The van der Waals surface area contributed by atoms with Crippen LogP contribution in [0.5, 0.6) is 0 Å². The van der Waals surface area contributed by atoms with Crippen molar-refractivity contribution in [2.24, 2.45) is 0 Å². The lowest BCUT2D eigenvalue weighted by atomic mass is 10.2.